The number of unbranched alkanes of at least 4 members (excludes halogenated alkanes) is 1. The lowest BCUT2D eigenvalue weighted by Crippen LogP contribution is -2.35. The van der Waals surface area contributed by atoms with E-state index < -0.39 is 12.0 Å². The van der Waals surface area contributed by atoms with Gasteiger partial charge in [-0.1, -0.05) is 25.8 Å². The van der Waals surface area contributed by atoms with Gasteiger partial charge in [0.1, 0.15) is 0 Å². The first-order chi connectivity index (χ1) is 8.95. The number of carboxylic acids is 1. The number of carbonyl (C=O) groups excluding carboxylic acids is 1. The highest BCUT2D eigenvalue weighted by molar-refractivity contribution is 5.97. The van der Waals surface area contributed by atoms with Crippen molar-refractivity contribution in [2.45, 2.75) is 39.2 Å². The quantitative estimate of drug-likeness (QED) is 0.734. The third-order valence-corrected chi connectivity index (χ3v) is 2.94. The van der Waals surface area contributed by atoms with E-state index in [1.165, 1.54) is 6.07 Å². The number of hydrogen-bond donors (Lipinski definition) is 3. The Balaban J connectivity index is 2.74. The van der Waals surface area contributed by atoms with E-state index in [1.807, 2.05) is 6.92 Å². The Morgan fingerprint density at radius 2 is 2.11 bits per heavy atom. The Labute approximate surface area is 112 Å². The SMILES string of the molecule is CCCC[C@H](N)C(=O)Nc1ccc(C)c(C(=O)O)c1. The second-order valence-electron chi connectivity index (χ2n) is 4.57. The van der Waals surface area contributed by atoms with Crippen molar-refractivity contribution in [2.75, 3.05) is 5.32 Å². The molecule has 1 rings (SSSR count). The van der Waals surface area contributed by atoms with Gasteiger partial charge in [-0.05, 0) is 31.0 Å². The van der Waals surface area contributed by atoms with Crippen LogP contribution >= 0.6 is 0 Å². The number of anilines is 1. The van der Waals surface area contributed by atoms with Crippen molar-refractivity contribution in [2.24, 2.45) is 5.73 Å². The third kappa shape index (κ3) is 4.37. The number of aryl methyl sites for hydroxylation is 1. The Hall–Kier alpha value is -1.88. The molecule has 1 amide bonds. The van der Waals surface area contributed by atoms with Crippen molar-refractivity contribution in [1.82, 2.24) is 0 Å². The van der Waals surface area contributed by atoms with Gasteiger partial charge in [0, 0.05) is 5.69 Å². The molecule has 1 aromatic rings. The Morgan fingerprint density at radius 1 is 1.42 bits per heavy atom. The summed E-state index contributed by atoms with van der Waals surface area (Å²) in [6.45, 7) is 3.74. The average molecular weight is 264 g/mol. The van der Waals surface area contributed by atoms with Crippen molar-refractivity contribution in [3.05, 3.63) is 29.3 Å². The van der Waals surface area contributed by atoms with Gasteiger partial charge < -0.3 is 16.2 Å². The summed E-state index contributed by atoms with van der Waals surface area (Å²) in [6.07, 6.45) is 2.50. The maximum atomic E-state index is 11.8. The lowest BCUT2D eigenvalue weighted by Gasteiger charge is -2.12. The zero-order valence-electron chi connectivity index (χ0n) is 11.3. The minimum absolute atomic E-state index is 0.180. The summed E-state index contributed by atoms with van der Waals surface area (Å²) in [4.78, 5) is 22.8. The number of nitrogens with one attached hydrogen (secondary N) is 1. The van der Waals surface area contributed by atoms with Gasteiger partial charge in [0.25, 0.3) is 0 Å². The molecule has 0 heterocycles. The van der Waals surface area contributed by atoms with Crippen LogP contribution in [0.4, 0.5) is 5.69 Å². The van der Waals surface area contributed by atoms with E-state index in [1.54, 1.807) is 19.1 Å². The smallest absolute Gasteiger partial charge is 0.336 e. The van der Waals surface area contributed by atoms with Crippen molar-refractivity contribution in [3.63, 3.8) is 0 Å². The molecular formula is C14H20N2O3. The summed E-state index contributed by atoms with van der Waals surface area (Å²) in [5.41, 5.74) is 7.04. The predicted octanol–water partition coefficient (Wildman–Crippen LogP) is 2.15. The molecule has 0 fully saturated rings. The molecular weight excluding hydrogens is 244 g/mol. The maximum Gasteiger partial charge on any atom is 0.336 e. The van der Waals surface area contributed by atoms with E-state index in [9.17, 15) is 9.59 Å². The summed E-state index contributed by atoms with van der Waals surface area (Å²) < 4.78 is 0. The summed E-state index contributed by atoms with van der Waals surface area (Å²) in [5, 5.41) is 11.7. The van der Waals surface area contributed by atoms with Crippen LogP contribution in [0, 0.1) is 6.92 Å². The van der Waals surface area contributed by atoms with Crippen LogP contribution in [0.25, 0.3) is 0 Å². The van der Waals surface area contributed by atoms with Gasteiger partial charge in [-0.25, -0.2) is 4.79 Å². The number of nitrogens with two attached hydrogens (primary N) is 1. The van der Waals surface area contributed by atoms with Crippen molar-refractivity contribution in [3.8, 4) is 0 Å². The lowest BCUT2D eigenvalue weighted by atomic mass is 10.1. The van der Waals surface area contributed by atoms with Gasteiger partial charge in [0.15, 0.2) is 0 Å². The summed E-state index contributed by atoms with van der Waals surface area (Å²) in [6, 6.07) is 4.22. The fraction of sp³-hybridized carbons (Fsp3) is 0.429. The van der Waals surface area contributed by atoms with Crippen LogP contribution in [-0.4, -0.2) is 23.0 Å². The van der Waals surface area contributed by atoms with Gasteiger partial charge in [-0.2, -0.15) is 0 Å². The number of amides is 1. The van der Waals surface area contributed by atoms with Crippen LogP contribution < -0.4 is 11.1 Å². The third-order valence-electron chi connectivity index (χ3n) is 2.94. The second-order valence-corrected chi connectivity index (χ2v) is 4.57. The van der Waals surface area contributed by atoms with Gasteiger partial charge in [-0.3, -0.25) is 4.79 Å². The molecule has 0 spiro atoms. The highest BCUT2D eigenvalue weighted by Gasteiger charge is 2.14. The van der Waals surface area contributed by atoms with Crippen molar-refractivity contribution >= 4 is 17.6 Å². The van der Waals surface area contributed by atoms with Crippen LogP contribution in [-0.2, 0) is 4.79 Å². The fourth-order valence-corrected chi connectivity index (χ4v) is 1.72. The molecule has 5 nitrogen and oxygen atoms in total. The molecule has 0 bridgehead atoms. The molecule has 0 saturated carbocycles. The molecule has 1 atom stereocenters. The zero-order valence-corrected chi connectivity index (χ0v) is 11.3. The summed E-state index contributed by atoms with van der Waals surface area (Å²) >= 11 is 0. The summed E-state index contributed by atoms with van der Waals surface area (Å²) in [7, 11) is 0. The van der Waals surface area contributed by atoms with Crippen LogP contribution in [0.15, 0.2) is 18.2 Å². The highest BCUT2D eigenvalue weighted by atomic mass is 16.4. The van der Waals surface area contributed by atoms with Gasteiger partial charge >= 0.3 is 5.97 Å². The first-order valence-electron chi connectivity index (χ1n) is 6.36. The molecule has 0 saturated heterocycles. The van der Waals surface area contributed by atoms with E-state index in [0.717, 1.165) is 12.8 Å². The second kappa shape index (κ2) is 6.89. The molecule has 0 unspecified atom stereocenters. The molecule has 1 aromatic carbocycles. The molecule has 0 aliphatic heterocycles. The monoisotopic (exact) mass is 264 g/mol. The van der Waals surface area contributed by atoms with E-state index in [4.69, 9.17) is 10.8 Å². The number of carbonyl (C=O) groups is 2. The van der Waals surface area contributed by atoms with Crippen molar-refractivity contribution in [1.29, 1.82) is 0 Å². The van der Waals surface area contributed by atoms with Gasteiger partial charge in [0.2, 0.25) is 5.91 Å². The first-order valence-corrected chi connectivity index (χ1v) is 6.36. The maximum absolute atomic E-state index is 11.8. The Bertz CT molecular complexity index is 472. The highest BCUT2D eigenvalue weighted by Crippen LogP contribution is 2.16. The standard InChI is InChI=1S/C14H20N2O3/c1-3-4-5-12(15)13(17)16-10-7-6-9(2)11(8-10)14(18)19/h6-8,12H,3-5,15H2,1-2H3,(H,16,17)(H,18,19)/t12-/m0/s1. The number of carboxylic acid groups (broad SMARTS) is 1. The number of aromatic carboxylic acids is 1. The van der Waals surface area contributed by atoms with E-state index in [2.05, 4.69) is 5.32 Å². The molecule has 104 valence electrons. The number of hydrogen-bond acceptors (Lipinski definition) is 3. The average Bonchev–Trinajstić information content (AvgIpc) is 2.37. The fourth-order valence-electron chi connectivity index (χ4n) is 1.72. The number of rotatable bonds is 6. The van der Waals surface area contributed by atoms with Crippen LogP contribution in [0.3, 0.4) is 0 Å². The van der Waals surface area contributed by atoms with Gasteiger partial charge in [-0.15, -0.1) is 0 Å². The van der Waals surface area contributed by atoms with Crippen LogP contribution in [0.5, 0.6) is 0 Å². The van der Waals surface area contributed by atoms with Crippen LogP contribution in [0.2, 0.25) is 0 Å². The lowest BCUT2D eigenvalue weighted by molar-refractivity contribution is -0.117. The first kappa shape index (κ1) is 15.2. The normalized spacial score (nSPS) is 11.9. The van der Waals surface area contributed by atoms with Gasteiger partial charge in [0.05, 0.1) is 11.6 Å². The molecule has 19 heavy (non-hydrogen) atoms. The molecule has 0 radical (unpaired) electrons. The minimum atomic E-state index is -1.01. The molecule has 4 N–H and O–H groups in total. The molecule has 0 aromatic heterocycles. The Morgan fingerprint density at radius 3 is 2.68 bits per heavy atom. The topological polar surface area (TPSA) is 92.4 Å². The molecule has 0 aliphatic rings. The predicted molar refractivity (Wildman–Crippen MR) is 74.3 cm³/mol. The van der Waals surface area contributed by atoms with E-state index in [0.29, 0.717) is 17.7 Å². The van der Waals surface area contributed by atoms with Crippen LogP contribution in [0.1, 0.15) is 42.1 Å². The number of benzene rings is 1. The van der Waals surface area contributed by atoms with E-state index in [-0.39, 0.29) is 11.5 Å². The Kier molecular flexibility index (Phi) is 5.51. The van der Waals surface area contributed by atoms with Crippen molar-refractivity contribution < 1.29 is 14.7 Å². The molecule has 5 heteroatoms. The zero-order chi connectivity index (χ0) is 14.4. The molecule has 0 aliphatic carbocycles. The minimum Gasteiger partial charge on any atom is -0.478 e. The van der Waals surface area contributed by atoms with E-state index >= 15 is 0 Å². The largest absolute Gasteiger partial charge is 0.478 e. The summed E-state index contributed by atoms with van der Waals surface area (Å²) in [5.74, 6) is -1.29.